The molecule has 0 heterocycles. The number of carboxylic acids is 2. The van der Waals surface area contributed by atoms with Crippen LogP contribution in [0, 0.1) is 5.92 Å². The van der Waals surface area contributed by atoms with E-state index in [0.717, 1.165) is 21.9 Å². The van der Waals surface area contributed by atoms with E-state index in [9.17, 15) is 24.6 Å². The lowest BCUT2D eigenvalue weighted by Gasteiger charge is -2.29. The molecule has 0 aromatic heterocycles. The van der Waals surface area contributed by atoms with Gasteiger partial charge in [0.25, 0.3) is 0 Å². The SMILES string of the molecule is CC(C)CN(CC(OCc1ccccc1)C(=O)O)C(=O)N[C@@H](Cc1ccc2ccccc2c1)C(=O)O. The molecular formula is C28H32N2O6. The van der Waals surface area contributed by atoms with E-state index in [4.69, 9.17) is 4.74 Å². The van der Waals surface area contributed by atoms with Crippen LogP contribution in [0.15, 0.2) is 72.8 Å². The molecule has 3 aromatic rings. The van der Waals surface area contributed by atoms with Gasteiger partial charge in [0.15, 0.2) is 6.10 Å². The van der Waals surface area contributed by atoms with Gasteiger partial charge in [-0.05, 0) is 27.8 Å². The normalized spacial score (nSPS) is 12.8. The van der Waals surface area contributed by atoms with Gasteiger partial charge < -0.3 is 25.2 Å². The standard InChI is InChI=1S/C28H32N2O6/c1-19(2)16-30(17-25(27(33)34)36-18-20-8-4-3-5-9-20)28(35)29-24(26(31)32)15-21-12-13-22-10-6-7-11-23(22)14-21/h3-14,19,24-25H,15-18H2,1-2H3,(H,29,35)(H,31,32)(H,33,34)/t24-,25?/m0/s1. The summed E-state index contributed by atoms with van der Waals surface area (Å²) >= 11 is 0. The van der Waals surface area contributed by atoms with Crippen molar-refractivity contribution in [3.8, 4) is 0 Å². The lowest BCUT2D eigenvalue weighted by atomic mass is 10.0. The first-order valence-electron chi connectivity index (χ1n) is 11.9. The van der Waals surface area contributed by atoms with Crippen molar-refractivity contribution in [3.05, 3.63) is 83.9 Å². The summed E-state index contributed by atoms with van der Waals surface area (Å²) < 4.78 is 5.60. The van der Waals surface area contributed by atoms with Crippen molar-refractivity contribution < 1.29 is 29.3 Å². The van der Waals surface area contributed by atoms with Crippen molar-refractivity contribution in [3.63, 3.8) is 0 Å². The number of urea groups is 1. The fourth-order valence-electron chi connectivity index (χ4n) is 3.90. The molecular weight excluding hydrogens is 460 g/mol. The van der Waals surface area contributed by atoms with E-state index in [1.54, 1.807) is 0 Å². The average Bonchev–Trinajstić information content (AvgIpc) is 2.85. The molecule has 190 valence electrons. The second kappa shape index (κ2) is 12.7. The fraction of sp³-hybridized carbons (Fsp3) is 0.321. The van der Waals surface area contributed by atoms with Crippen molar-refractivity contribution in [2.24, 2.45) is 5.92 Å². The summed E-state index contributed by atoms with van der Waals surface area (Å²) in [6.07, 6.45) is -1.17. The number of ether oxygens (including phenoxy) is 1. The molecule has 1 unspecified atom stereocenters. The van der Waals surface area contributed by atoms with Gasteiger partial charge in [0, 0.05) is 13.0 Å². The van der Waals surface area contributed by atoms with Crippen LogP contribution in [0.4, 0.5) is 4.79 Å². The molecule has 0 aliphatic carbocycles. The first kappa shape index (κ1) is 26.7. The quantitative estimate of drug-likeness (QED) is 0.349. The Hall–Kier alpha value is -3.91. The number of carbonyl (C=O) groups is 3. The van der Waals surface area contributed by atoms with Gasteiger partial charge in [0.1, 0.15) is 6.04 Å². The summed E-state index contributed by atoms with van der Waals surface area (Å²) in [5.41, 5.74) is 1.58. The first-order chi connectivity index (χ1) is 17.2. The second-order valence-electron chi connectivity index (χ2n) is 9.15. The van der Waals surface area contributed by atoms with Gasteiger partial charge in [0.2, 0.25) is 0 Å². The predicted molar refractivity (Wildman–Crippen MR) is 137 cm³/mol. The lowest BCUT2D eigenvalue weighted by molar-refractivity contribution is -0.152. The van der Waals surface area contributed by atoms with Crippen molar-refractivity contribution in [1.82, 2.24) is 10.2 Å². The summed E-state index contributed by atoms with van der Waals surface area (Å²) in [6.45, 7) is 3.89. The molecule has 0 bridgehead atoms. The third-order valence-corrected chi connectivity index (χ3v) is 5.68. The maximum Gasteiger partial charge on any atom is 0.334 e. The maximum atomic E-state index is 13.1. The Morgan fingerprint density at radius 2 is 1.50 bits per heavy atom. The van der Waals surface area contributed by atoms with E-state index in [2.05, 4.69) is 5.32 Å². The van der Waals surface area contributed by atoms with Crippen LogP contribution in [0.1, 0.15) is 25.0 Å². The third kappa shape index (κ3) is 7.81. The van der Waals surface area contributed by atoms with E-state index < -0.39 is 30.1 Å². The molecule has 0 fully saturated rings. The number of nitrogens with one attached hydrogen (secondary N) is 1. The Balaban J connectivity index is 1.70. The molecule has 8 nitrogen and oxygen atoms in total. The number of fused-ring (bicyclic) bond motifs is 1. The van der Waals surface area contributed by atoms with Gasteiger partial charge >= 0.3 is 18.0 Å². The summed E-state index contributed by atoms with van der Waals surface area (Å²) in [7, 11) is 0. The number of rotatable bonds is 12. The zero-order valence-corrected chi connectivity index (χ0v) is 20.5. The van der Waals surface area contributed by atoms with E-state index in [1.165, 1.54) is 4.90 Å². The molecule has 2 atom stereocenters. The van der Waals surface area contributed by atoms with Crippen LogP contribution in [-0.2, 0) is 27.4 Å². The number of aliphatic carboxylic acids is 2. The lowest BCUT2D eigenvalue weighted by Crippen LogP contribution is -2.52. The Labute approximate surface area is 210 Å². The molecule has 0 aliphatic rings. The van der Waals surface area contributed by atoms with Gasteiger partial charge in [-0.1, -0.05) is 86.6 Å². The van der Waals surface area contributed by atoms with E-state index in [-0.39, 0.29) is 32.0 Å². The molecule has 2 amide bonds. The van der Waals surface area contributed by atoms with Crippen LogP contribution < -0.4 is 5.32 Å². The summed E-state index contributed by atoms with van der Waals surface area (Å²) in [4.78, 5) is 38.3. The minimum atomic E-state index is -1.27. The molecule has 3 N–H and O–H groups in total. The molecule has 8 heteroatoms. The van der Waals surface area contributed by atoms with Gasteiger partial charge in [-0.25, -0.2) is 14.4 Å². The smallest absolute Gasteiger partial charge is 0.334 e. The molecule has 0 spiro atoms. The predicted octanol–water partition coefficient (Wildman–Crippen LogP) is 4.17. The molecule has 3 aromatic carbocycles. The van der Waals surface area contributed by atoms with Crippen LogP contribution >= 0.6 is 0 Å². The minimum Gasteiger partial charge on any atom is -0.480 e. The number of benzene rings is 3. The van der Waals surface area contributed by atoms with Crippen molar-refractivity contribution in [1.29, 1.82) is 0 Å². The molecule has 0 aliphatic heterocycles. The summed E-state index contributed by atoms with van der Waals surface area (Å²) in [5.74, 6) is -2.34. The van der Waals surface area contributed by atoms with E-state index in [1.807, 2.05) is 86.6 Å². The number of carbonyl (C=O) groups excluding carboxylic acids is 1. The first-order valence-corrected chi connectivity index (χ1v) is 11.9. The van der Waals surface area contributed by atoms with Crippen LogP contribution in [-0.4, -0.2) is 58.3 Å². The van der Waals surface area contributed by atoms with Gasteiger partial charge in [-0.15, -0.1) is 0 Å². The Bertz CT molecular complexity index is 1180. The fourth-order valence-corrected chi connectivity index (χ4v) is 3.90. The van der Waals surface area contributed by atoms with Crippen LogP contribution in [0.5, 0.6) is 0 Å². The summed E-state index contributed by atoms with van der Waals surface area (Å²) in [6, 6.07) is 20.7. The average molecular weight is 493 g/mol. The molecule has 0 saturated carbocycles. The largest absolute Gasteiger partial charge is 0.480 e. The van der Waals surface area contributed by atoms with E-state index >= 15 is 0 Å². The third-order valence-electron chi connectivity index (χ3n) is 5.68. The zero-order valence-electron chi connectivity index (χ0n) is 20.5. The Morgan fingerprint density at radius 1 is 0.833 bits per heavy atom. The topological polar surface area (TPSA) is 116 Å². The molecule has 36 heavy (non-hydrogen) atoms. The van der Waals surface area contributed by atoms with Crippen molar-refractivity contribution in [2.75, 3.05) is 13.1 Å². The monoisotopic (exact) mass is 492 g/mol. The van der Waals surface area contributed by atoms with Crippen LogP contribution in [0.2, 0.25) is 0 Å². The number of hydrogen-bond acceptors (Lipinski definition) is 4. The number of carboxylic acid groups (broad SMARTS) is 2. The number of nitrogens with zero attached hydrogens (tertiary/aromatic N) is 1. The highest BCUT2D eigenvalue weighted by molar-refractivity contribution is 5.85. The number of hydrogen-bond donors (Lipinski definition) is 3. The highest BCUT2D eigenvalue weighted by Crippen LogP contribution is 2.17. The van der Waals surface area contributed by atoms with Gasteiger partial charge in [0.05, 0.1) is 13.2 Å². The molecule has 0 radical (unpaired) electrons. The van der Waals surface area contributed by atoms with Crippen LogP contribution in [0.3, 0.4) is 0 Å². The van der Waals surface area contributed by atoms with Crippen LogP contribution in [0.25, 0.3) is 10.8 Å². The zero-order chi connectivity index (χ0) is 26.1. The number of amides is 2. The molecule has 0 saturated heterocycles. The molecule has 3 rings (SSSR count). The van der Waals surface area contributed by atoms with Gasteiger partial charge in [-0.3, -0.25) is 0 Å². The second-order valence-corrected chi connectivity index (χ2v) is 9.15. The highest BCUT2D eigenvalue weighted by Gasteiger charge is 2.28. The van der Waals surface area contributed by atoms with E-state index in [0.29, 0.717) is 0 Å². The Morgan fingerprint density at radius 3 is 2.14 bits per heavy atom. The minimum absolute atomic E-state index is 0.0306. The Kier molecular flexibility index (Phi) is 9.41. The van der Waals surface area contributed by atoms with Crippen molar-refractivity contribution >= 4 is 28.7 Å². The highest BCUT2D eigenvalue weighted by atomic mass is 16.5. The van der Waals surface area contributed by atoms with Gasteiger partial charge in [-0.2, -0.15) is 0 Å². The summed E-state index contributed by atoms with van der Waals surface area (Å²) in [5, 5.41) is 24.1. The maximum absolute atomic E-state index is 13.1. The van der Waals surface area contributed by atoms with Crippen molar-refractivity contribution in [2.45, 2.75) is 39.0 Å².